The summed E-state index contributed by atoms with van der Waals surface area (Å²) < 4.78 is 2.75. The van der Waals surface area contributed by atoms with E-state index in [4.69, 9.17) is 4.98 Å². The highest BCUT2D eigenvalue weighted by Gasteiger charge is 2.18. The Balaban J connectivity index is 1.62. The summed E-state index contributed by atoms with van der Waals surface area (Å²) in [6, 6.07) is 1.92. The van der Waals surface area contributed by atoms with Gasteiger partial charge in [-0.1, -0.05) is 0 Å². The van der Waals surface area contributed by atoms with Crippen molar-refractivity contribution in [1.29, 1.82) is 0 Å². The highest BCUT2D eigenvalue weighted by atomic mass is 32.1. The summed E-state index contributed by atoms with van der Waals surface area (Å²) in [7, 11) is 5.46. The Morgan fingerprint density at radius 3 is 2.93 bits per heavy atom. The average Bonchev–Trinajstić information content (AvgIpc) is 3.42. The molecule has 1 N–H and O–H groups in total. The lowest BCUT2D eigenvalue weighted by Gasteiger charge is -2.09. The molecule has 0 aromatic carbocycles. The third-order valence-corrected chi connectivity index (χ3v) is 5.36. The number of fused-ring (bicyclic) bond motifs is 1. The number of hydrazone groups is 1. The zero-order chi connectivity index (χ0) is 19.7. The molecule has 4 aromatic heterocycles. The number of aldehydes is 1. The maximum absolute atomic E-state index is 11.6. The van der Waals surface area contributed by atoms with E-state index in [9.17, 15) is 4.79 Å². The third kappa shape index (κ3) is 3.43. The van der Waals surface area contributed by atoms with E-state index < -0.39 is 0 Å². The van der Waals surface area contributed by atoms with Gasteiger partial charge in [0, 0.05) is 45.0 Å². The highest BCUT2D eigenvalue weighted by molar-refractivity contribution is 7.19. The van der Waals surface area contributed by atoms with Gasteiger partial charge in [-0.15, -0.1) is 11.3 Å². The number of rotatable bonds is 7. The lowest BCUT2D eigenvalue weighted by molar-refractivity contribution is 0.111. The molecule has 10 nitrogen and oxygen atoms in total. The van der Waals surface area contributed by atoms with Crippen LogP contribution in [0.25, 0.3) is 10.3 Å². The molecule has 0 fully saturated rings. The number of carbonyl (C=O) groups is 1. The number of thiazole rings is 1. The Bertz CT molecular complexity index is 1140. The highest BCUT2D eigenvalue weighted by Crippen LogP contribution is 2.30. The van der Waals surface area contributed by atoms with Crippen molar-refractivity contribution in [2.75, 3.05) is 7.05 Å². The molecular formula is C17H19N9OS. The average molecular weight is 397 g/mol. The molecule has 0 aliphatic carbocycles. The second-order valence-electron chi connectivity index (χ2n) is 6.38. The van der Waals surface area contributed by atoms with Crippen molar-refractivity contribution in [3.8, 4) is 0 Å². The summed E-state index contributed by atoms with van der Waals surface area (Å²) in [6.07, 6.45) is 6.64. The molecule has 4 aromatic rings. The Morgan fingerprint density at radius 2 is 2.25 bits per heavy atom. The Morgan fingerprint density at radius 1 is 1.39 bits per heavy atom. The van der Waals surface area contributed by atoms with E-state index in [0.717, 1.165) is 38.6 Å². The van der Waals surface area contributed by atoms with Crippen LogP contribution in [-0.4, -0.2) is 59.3 Å². The zero-order valence-corrected chi connectivity index (χ0v) is 16.5. The Kier molecular flexibility index (Phi) is 4.74. The quantitative estimate of drug-likeness (QED) is 0.286. The van der Waals surface area contributed by atoms with Gasteiger partial charge in [-0.05, 0) is 6.07 Å². The number of hydrogen-bond acceptors (Lipinski definition) is 8. The minimum absolute atomic E-state index is 0.518. The Hall–Kier alpha value is -3.34. The molecule has 0 radical (unpaired) electrons. The number of hydrogen-bond donors (Lipinski definition) is 1. The number of nitrogens with one attached hydrogen (secondary N) is 1. The van der Waals surface area contributed by atoms with Crippen molar-refractivity contribution in [2.45, 2.75) is 13.0 Å². The standard InChI is InChI=1S/C17H19N9OS/c1-24(9-12-7-20-26(3)23-12)19-8-13-14(10-27)25(2)17-16(13)28-15(21-17)6-11-4-5-18-22-11/h4-5,7-8,10H,6,9H2,1-3H3,(H,18,22)/b19-8-. The topological polar surface area (TPSA) is 110 Å². The fraction of sp³-hybridized carbons (Fsp3) is 0.294. The van der Waals surface area contributed by atoms with Crippen molar-refractivity contribution in [3.63, 3.8) is 0 Å². The van der Waals surface area contributed by atoms with E-state index in [1.807, 2.05) is 20.2 Å². The first-order chi connectivity index (χ1) is 13.5. The van der Waals surface area contributed by atoms with Crippen LogP contribution in [0.1, 0.15) is 32.4 Å². The third-order valence-electron chi connectivity index (χ3n) is 4.29. The van der Waals surface area contributed by atoms with Crippen LogP contribution in [-0.2, 0) is 27.1 Å². The van der Waals surface area contributed by atoms with Crippen LogP contribution in [0.15, 0.2) is 23.6 Å². The van der Waals surface area contributed by atoms with Gasteiger partial charge in [0.05, 0.1) is 29.4 Å². The summed E-state index contributed by atoms with van der Waals surface area (Å²) in [5.41, 5.74) is 3.91. The molecule has 0 bridgehead atoms. The van der Waals surface area contributed by atoms with Crippen molar-refractivity contribution < 1.29 is 4.79 Å². The Labute approximate surface area is 164 Å². The summed E-state index contributed by atoms with van der Waals surface area (Å²) in [6.45, 7) is 0.518. The minimum atomic E-state index is 0.518. The maximum atomic E-state index is 11.6. The van der Waals surface area contributed by atoms with E-state index in [1.54, 1.807) is 46.6 Å². The molecule has 0 unspecified atom stereocenters. The number of H-pyrrole nitrogens is 1. The van der Waals surface area contributed by atoms with E-state index in [1.165, 1.54) is 4.80 Å². The van der Waals surface area contributed by atoms with Crippen molar-refractivity contribution in [3.05, 3.63) is 46.1 Å². The molecule has 0 amide bonds. The predicted octanol–water partition coefficient (Wildman–Crippen LogP) is 1.36. The van der Waals surface area contributed by atoms with Gasteiger partial charge in [-0.3, -0.25) is 14.9 Å². The van der Waals surface area contributed by atoms with E-state index in [-0.39, 0.29) is 0 Å². The van der Waals surface area contributed by atoms with E-state index in [2.05, 4.69) is 25.5 Å². The molecule has 4 rings (SSSR count). The summed E-state index contributed by atoms with van der Waals surface area (Å²) >= 11 is 1.56. The van der Waals surface area contributed by atoms with E-state index >= 15 is 0 Å². The van der Waals surface area contributed by atoms with Gasteiger partial charge in [-0.2, -0.15) is 25.2 Å². The molecular weight excluding hydrogens is 378 g/mol. The van der Waals surface area contributed by atoms with Crippen LogP contribution in [0, 0.1) is 0 Å². The smallest absolute Gasteiger partial charge is 0.167 e. The second kappa shape index (κ2) is 7.35. The maximum Gasteiger partial charge on any atom is 0.167 e. The van der Waals surface area contributed by atoms with Crippen LogP contribution in [0.2, 0.25) is 0 Å². The van der Waals surface area contributed by atoms with Crippen LogP contribution in [0.4, 0.5) is 0 Å². The molecule has 4 heterocycles. The summed E-state index contributed by atoms with van der Waals surface area (Å²) in [5.74, 6) is 0. The van der Waals surface area contributed by atoms with Gasteiger partial charge >= 0.3 is 0 Å². The molecule has 0 saturated heterocycles. The molecule has 144 valence electrons. The lowest BCUT2D eigenvalue weighted by Crippen LogP contribution is -2.12. The van der Waals surface area contributed by atoms with E-state index in [0.29, 0.717) is 18.7 Å². The molecule has 11 heteroatoms. The zero-order valence-electron chi connectivity index (χ0n) is 15.7. The number of aromatic nitrogens is 7. The van der Waals surface area contributed by atoms with Gasteiger partial charge in [0.15, 0.2) is 11.9 Å². The first-order valence-electron chi connectivity index (χ1n) is 8.57. The molecule has 0 atom stereocenters. The molecule has 28 heavy (non-hydrogen) atoms. The van der Waals surface area contributed by atoms with Crippen molar-refractivity contribution in [1.82, 2.24) is 39.8 Å². The monoisotopic (exact) mass is 397 g/mol. The molecule has 0 aliphatic rings. The van der Waals surface area contributed by atoms with Crippen LogP contribution in [0.5, 0.6) is 0 Å². The number of carbonyl (C=O) groups excluding carboxylic acids is 1. The largest absolute Gasteiger partial charge is 0.325 e. The minimum Gasteiger partial charge on any atom is -0.325 e. The first kappa shape index (κ1) is 18.0. The van der Waals surface area contributed by atoms with Gasteiger partial charge in [0.2, 0.25) is 0 Å². The first-order valence-corrected chi connectivity index (χ1v) is 9.38. The van der Waals surface area contributed by atoms with Gasteiger partial charge in [0.25, 0.3) is 0 Å². The number of nitrogens with zero attached hydrogens (tertiary/aromatic N) is 8. The predicted molar refractivity (Wildman–Crippen MR) is 105 cm³/mol. The molecule has 0 aliphatic heterocycles. The van der Waals surface area contributed by atoms with Crippen LogP contribution < -0.4 is 0 Å². The normalized spacial score (nSPS) is 11.7. The second-order valence-corrected chi connectivity index (χ2v) is 7.46. The fourth-order valence-corrected chi connectivity index (χ4v) is 4.09. The summed E-state index contributed by atoms with van der Waals surface area (Å²) in [4.78, 5) is 17.8. The molecule has 0 saturated carbocycles. The van der Waals surface area contributed by atoms with Crippen LogP contribution in [0.3, 0.4) is 0 Å². The van der Waals surface area contributed by atoms with Gasteiger partial charge in [-0.25, -0.2) is 4.98 Å². The fourth-order valence-electron chi connectivity index (χ4n) is 2.95. The summed E-state index contributed by atoms with van der Waals surface area (Å²) in [5, 5.41) is 22.4. The SMILES string of the molecule is CN(Cc1cnn(C)n1)/N=C\c1c(C=O)n(C)c2nc(Cc3ccn[nH]3)sc12. The van der Waals surface area contributed by atoms with Crippen molar-refractivity contribution >= 4 is 34.2 Å². The van der Waals surface area contributed by atoms with Crippen molar-refractivity contribution in [2.24, 2.45) is 19.2 Å². The van der Waals surface area contributed by atoms with Gasteiger partial charge in [0.1, 0.15) is 10.7 Å². The van der Waals surface area contributed by atoms with Gasteiger partial charge < -0.3 is 4.57 Å². The number of aromatic amines is 1. The molecule has 0 spiro atoms. The number of aryl methyl sites for hydroxylation is 2. The lowest BCUT2D eigenvalue weighted by atomic mass is 10.3. The van der Waals surface area contributed by atoms with Crippen LogP contribution >= 0.6 is 11.3 Å².